The fraction of sp³-hybridized carbons (Fsp3) is 0.538. The molecule has 2 N–H and O–H groups in total. The molecule has 0 saturated heterocycles. The highest BCUT2D eigenvalue weighted by atomic mass is 35.5. The average molecular weight is 259 g/mol. The van der Waals surface area contributed by atoms with E-state index in [0.29, 0.717) is 29.2 Å². The Balaban J connectivity index is 2.81. The summed E-state index contributed by atoms with van der Waals surface area (Å²) in [5.41, 5.74) is -0.210. The van der Waals surface area contributed by atoms with E-state index in [1.165, 1.54) is 0 Å². The van der Waals surface area contributed by atoms with Crippen LogP contribution in [0.15, 0.2) is 18.2 Å². The van der Waals surface area contributed by atoms with E-state index in [9.17, 15) is 10.2 Å². The van der Waals surface area contributed by atoms with E-state index in [1.54, 1.807) is 18.2 Å². The predicted octanol–water partition coefficient (Wildman–Crippen LogP) is 2.76. The van der Waals surface area contributed by atoms with Gasteiger partial charge in [-0.3, -0.25) is 0 Å². The average Bonchev–Trinajstić information content (AvgIpc) is 2.36. The van der Waals surface area contributed by atoms with Gasteiger partial charge >= 0.3 is 0 Å². The summed E-state index contributed by atoms with van der Waals surface area (Å²) < 4.78 is 5.56. The molecule has 0 fully saturated rings. The molecule has 0 atom stereocenters. The van der Waals surface area contributed by atoms with Crippen molar-refractivity contribution in [2.45, 2.75) is 38.9 Å². The van der Waals surface area contributed by atoms with Gasteiger partial charge in [-0.15, -0.1) is 0 Å². The Morgan fingerprint density at radius 1 is 1.29 bits per heavy atom. The van der Waals surface area contributed by atoms with Crippen molar-refractivity contribution in [3.63, 3.8) is 0 Å². The molecule has 0 spiro atoms. The Labute approximate surface area is 107 Å². The van der Waals surface area contributed by atoms with Gasteiger partial charge in [-0.1, -0.05) is 37.6 Å². The quantitative estimate of drug-likeness (QED) is 0.825. The summed E-state index contributed by atoms with van der Waals surface area (Å²) in [5.74, 6) is 0.456. The van der Waals surface area contributed by atoms with Crippen LogP contribution < -0.4 is 4.74 Å². The van der Waals surface area contributed by atoms with E-state index in [0.717, 1.165) is 0 Å². The van der Waals surface area contributed by atoms with Crippen molar-refractivity contribution < 1.29 is 14.9 Å². The van der Waals surface area contributed by atoms with Crippen LogP contribution in [0.25, 0.3) is 0 Å². The number of benzene rings is 1. The molecule has 0 bridgehead atoms. The number of aliphatic hydroxyl groups excluding tert-OH is 1. The van der Waals surface area contributed by atoms with E-state index in [1.807, 2.05) is 13.8 Å². The van der Waals surface area contributed by atoms with Crippen molar-refractivity contribution in [1.82, 2.24) is 0 Å². The molecule has 0 aromatic heterocycles. The molecule has 0 heterocycles. The largest absolute Gasteiger partial charge is 0.489 e. The number of rotatable bonds is 6. The van der Waals surface area contributed by atoms with E-state index >= 15 is 0 Å². The van der Waals surface area contributed by atoms with E-state index in [4.69, 9.17) is 16.3 Å². The van der Waals surface area contributed by atoms with Gasteiger partial charge in [0.2, 0.25) is 0 Å². The van der Waals surface area contributed by atoms with Gasteiger partial charge in [0, 0.05) is 5.56 Å². The van der Waals surface area contributed by atoms with Crippen LogP contribution in [0, 0.1) is 0 Å². The number of para-hydroxylation sites is 1. The Morgan fingerprint density at radius 3 is 2.47 bits per heavy atom. The molecule has 17 heavy (non-hydrogen) atoms. The Bertz CT molecular complexity index is 362. The normalized spacial score (nSPS) is 11.6. The molecule has 0 aliphatic rings. The zero-order valence-corrected chi connectivity index (χ0v) is 11.0. The van der Waals surface area contributed by atoms with Gasteiger partial charge in [0.25, 0.3) is 0 Å². The predicted molar refractivity (Wildman–Crippen MR) is 68.4 cm³/mol. The Hall–Kier alpha value is -0.770. The Kier molecular flexibility index (Phi) is 5.25. The number of halogens is 1. The first-order valence-corrected chi connectivity index (χ1v) is 6.17. The molecule has 1 rings (SSSR count). The minimum absolute atomic E-state index is 0.132. The molecular formula is C13H19ClO3. The first kappa shape index (κ1) is 14.3. The minimum Gasteiger partial charge on any atom is -0.489 e. The molecule has 0 aliphatic carbocycles. The number of ether oxygens (including phenoxy) is 1. The second kappa shape index (κ2) is 6.24. The van der Waals surface area contributed by atoms with Crippen LogP contribution in [0.3, 0.4) is 0 Å². The van der Waals surface area contributed by atoms with Crippen LogP contribution >= 0.6 is 11.6 Å². The highest BCUT2D eigenvalue weighted by molar-refractivity contribution is 6.32. The number of aliphatic hydroxyl groups is 2. The van der Waals surface area contributed by atoms with E-state index in [2.05, 4.69) is 0 Å². The number of hydrogen-bond donors (Lipinski definition) is 2. The zero-order valence-electron chi connectivity index (χ0n) is 10.2. The molecule has 1 aromatic rings. The van der Waals surface area contributed by atoms with Gasteiger partial charge in [-0.25, -0.2) is 0 Å². The molecular weight excluding hydrogens is 240 g/mol. The van der Waals surface area contributed by atoms with Crippen molar-refractivity contribution in [3.05, 3.63) is 28.8 Å². The van der Waals surface area contributed by atoms with Gasteiger partial charge in [0.15, 0.2) is 0 Å². The van der Waals surface area contributed by atoms with Crippen molar-refractivity contribution >= 4 is 11.6 Å². The van der Waals surface area contributed by atoms with Crippen LogP contribution in [0.2, 0.25) is 5.02 Å². The van der Waals surface area contributed by atoms with Gasteiger partial charge in [0.05, 0.1) is 17.2 Å². The molecule has 0 radical (unpaired) electrons. The summed E-state index contributed by atoms with van der Waals surface area (Å²) >= 11 is 6.01. The smallest absolute Gasteiger partial charge is 0.143 e. The molecule has 0 saturated carbocycles. The van der Waals surface area contributed by atoms with Crippen LogP contribution in [0.1, 0.15) is 32.3 Å². The lowest BCUT2D eigenvalue weighted by molar-refractivity contribution is -0.0118. The molecule has 1 aromatic carbocycles. The Morgan fingerprint density at radius 2 is 1.94 bits per heavy atom. The van der Waals surface area contributed by atoms with Crippen molar-refractivity contribution in [3.8, 4) is 5.75 Å². The summed E-state index contributed by atoms with van der Waals surface area (Å²) in [7, 11) is 0. The standard InChI is InChI=1S/C13H19ClO3/c1-3-13(16,4-2)9-17-12-10(8-15)6-5-7-11(12)14/h5-7,15-16H,3-4,8-9H2,1-2H3. The molecule has 0 aliphatic heterocycles. The molecule has 0 unspecified atom stereocenters. The molecule has 4 heteroatoms. The van der Waals surface area contributed by atoms with Crippen LogP contribution in [-0.4, -0.2) is 22.4 Å². The fourth-order valence-electron chi connectivity index (χ4n) is 1.50. The zero-order chi connectivity index (χ0) is 12.9. The third-order valence-electron chi connectivity index (χ3n) is 3.02. The maximum atomic E-state index is 10.1. The molecule has 96 valence electrons. The topological polar surface area (TPSA) is 49.7 Å². The van der Waals surface area contributed by atoms with E-state index < -0.39 is 5.60 Å². The van der Waals surface area contributed by atoms with Crippen LogP contribution in [-0.2, 0) is 6.61 Å². The summed E-state index contributed by atoms with van der Waals surface area (Å²) in [6, 6.07) is 5.21. The lowest BCUT2D eigenvalue weighted by atomic mass is 9.99. The highest BCUT2D eigenvalue weighted by Gasteiger charge is 2.24. The second-order valence-corrected chi connectivity index (χ2v) is 4.51. The van der Waals surface area contributed by atoms with Gasteiger partial charge in [-0.2, -0.15) is 0 Å². The van der Waals surface area contributed by atoms with Crippen molar-refractivity contribution in [2.24, 2.45) is 0 Å². The summed E-state index contributed by atoms with van der Waals surface area (Å²) in [4.78, 5) is 0. The first-order valence-electron chi connectivity index (χ1n) is 5.79. The first-order chi connectivity index (χ1) is 8.06. The lowest BCUT2D eigenvalue weighted by Crippen LogP contribution is -2.34. The van der Waals surface area contributed by atoms with Crippen LogP contribution in [0.5, 0.6) is 5.75 Å². The minimum atomic E-state index is -0.841. The maximum Gasteiger partial charge on any atom is 0.143 e. The maximum absolute atomic E-state index is 10.1. The van der Waals surface area contributed by atoms with Gasteiger partial charge < -0.3 is 14.9 Å². The van der Waals surface area contributed by atoms with Crippen LogP contribution in [0.4, 0.5) is 0 Å². The lowest BCUT2D eigenvalue weighted by Gasteiger charge is -2.26. The van der Waals surface area contributed by atoms with Gasteiger partial charge in [0.1, 0.15) is 12.4 Å². The monoisotopic (exact) mass is 258 g/mol. The summed E-state index contributed by atoms with van der Waals surface area (Å²) in [5, 5.41) is 19.7. The third-order valence-corrected chi connectivity index (χ3v) is 3.32. The second-order valence-electron chi connectivity index (χ2n) is 4.11. The molecule has 3 nitrogen and oxygen atoms in total. The van der Waals surface area contributed by atoms with Crippen molar-refractivity contribution in [1.29, 1.82) is 0 Å². The SMILES string of the molecule is CCC(O)(CC)COc1c(Cl)cccc1CO. The number of hydrogen-bond acceptors (Lipinski definition) is 3. The highest BCUT2D eigenvalue weighted by Crippen LogP contribution is 2.30. The van der Waals surface area contributed by atoms with Gasteiger partial charge in [-0.05, 0) is 18.9 Å². The summed E-state index contributed by atoms with van der Waals surface area (Å²) in [6.45, 7) is 3.86. The van der Waals surface area contributed by atoms with Crippen molar-refractivity contribution in [2.75, 3.05) is 6.61 Å². The van der Waals surface area contributed by atoms with E-state index in [-0.39, 0.29) is 13.2 Å². The molecule has 0 amide bonds. The third kappa shape index (κ3) is 3.60. The summed E-state index contributed by atoms with van der Waals surface area (Å²) in [6.07, 6.45) is 1.23. The fourth-order valence-corrected chi connectivity index (χ4v) is 1.75.